The van der Waals surface area contributed by atoms with Gasteiger partial charge in [0.15, 0.2) is 5.78 Å². The van der Waals surface area contributed by atoms with Gasteiger partial charge in [0.2, 0.25) is 0 Å². The molecule has 1 aromatic heterocycles. The summed E-state index contributed by atoms with van der Waals surface area (Å²) >= 11 is 6.12. The fourth-order valence-corrected chi connectivity index (χ4v) is 2.59. The number of hydrogen-bond acceptors (Lipinski definition) is 3. The average Bonchev–Trinajstić information content (AvgIpc) is 2.38. The van der Waals surface area contributed by atoms with Gasteiger partial charge in [-0.05, 0) is 17.7 Å². The average molecular weight is 260 g/mol. The molecule has 90 valence electrons. The van der Waals surface area contributed by atoms with Crippen LogP contribution in [0.4, 0.5) is 0 Å². The van der Waals surface area contributed by atoms with E-state index >= 15 is 0 Å². The van der Waals surface area contributed by atoms with Crippen molar-refractivity contribution in [3.8, 4) is 5.75 Å². The summed E-state index contributed by atoms with van der Waals surface area (Å²) in [7, 11) is 1.55. The lowest BCUT2D eigenvalue weighted by atomic mass is 9.87. The van der Waals surface area contributed by atoms with Crippen LogP contribution in [-0.2, 0) is 6.42 Å². The molecule has 0 radical (unpaired) electrons. The lowest BCUT2D eigenvalue weighted by Gasteiger charge is -2.20. The molecule has 3 rings (SSSR count). The molecule has 0 amide bonds. The van der Waals surface area contributed by atoms with Crippen molar-refractivity contribution in [3.63, 3.8) is 0 Å². The van der Waals surface area contributed by atoms with Gasteiger partial charge in [-0.1, -0.05) is 23.7 Å². The van der Waals surface area contributed by atoms with Crippen molar-refractivity contribution in [1.82, 2.24) is 4.98 Å². The van der Waals surface area contributed by atoms with Gasteiger partial charge in [-0.15, -0.1) is 0 Å². The number of fused-ring (bicyclic) bond motifs is 2. The van der Waals surface area contributed by atoms with Crippen LogP contribution in [-0.4, -0.2) is 17.9 Å². The molecule has 2 aromatic rings. The number of ether oxygens (including phenoxy) is 1. The van der Waals surface area contributed by atoms with Crippen molar-refractivity contribution in [1.29, 1.82) is 0 Å². The molecule has 0 bridgehead atoms. The summed E-state index contributed by atoms with van der Waals surface area (Å²) in [5.74, 6) is 0.442. The second kappa shape index (κ2) is 4.10. The summed E-state index contributed by atoms with van der Waals surface area (Å²) in [6.45, 7) is 0. The third-order valence-electron chi connectivity index (χ3n) is 3.12. The monoisotopic (exact) mass is 259 g/mol. The Balaban J connectivity index is 2.27. The molecule has 0 N–H and O–H groups in total. The molecule has 1 aromatic carbocycles. The number of nitrogens with zero attached hydrogens (tertiary/aromatic N) is 1. The number of rotatable bonds is 1. The summed E-state index contributed by atoms with van der Waals surface area (Å²) in [4.78, 5) is 16.8. The molecule has 4 heteroatoms. The predicted octanol–water partition coefficient (Wildman–Crippen LogP) is 2.88. The molecule has 0 aliphatic heterocycles. The molecule has 1 heterocycles. The van der Waals surface area contributed by atoms with Gasteiger partial charge < -0.3 is 4.74 Å². The Bertz CT molecular complexity index is 652. The smallest absolute Gasteiger partial charge is 0.200 e. The number of benzene rings is 1. The maximum absolute atomic E-state index is 12.5. The highest BCUT2D eigenvalue weighted by Gasteiger charge is 2.29. The van der Waals surface area contributed by atoms with E-state index in [-0.39, 0.29) is 5.78 Å². The summed E-state index contributed by atoms with van der Waals surface area (Å²) in [5, 5.41) is 0.481. The van der Waals surface area contributed by atoms with E-state index in [9.17, 15) is 4.79 Å². The van der Waals surface area contributed by atoms with Crippen LogP contribution in [0.2, 0.25) is 5.02 Å². The van der Waals surface area contributed by atoms with E-state index in [2.05, 4.69) is 4.98 Å². The highest BCUT2D eigenvalue weighted by atomic mass is 35.5. The van der Waals surface area contributed by atoms with Gasteiger partial charge in [0.25, 0.3) is 0 Å². The summed E-state index contributed by atoms with van der Waals surface area (Å²) in [6, 6.07) is 7.17. The number of aromatic nitrogens is 1. The Kier molecular flexibility index (Phi) is 2.56. The van der Waals surface area contributed by atoms with Crippen LogP contribution in [0.1, 0.15) is 27.2 Å². The summed E-state index contributed by atoms with van der Waals surface area (Å²) < 4.78 is 5.23. The molecule has 0 spiro atoms. The zero-order valence-corrected chi connectivity index (χ0v) is 10.5. The summed E-state index contributed by atoms with van der Waals surface area (Å²) in [5.41, 5.74) is 2.76. The van der Waals surface area contributed by atoms with E-state index < -0.39 is 0 Å². The Morgan fingerprint density at radius 2 is 2.11 bits per heavy atom. The number of hydrogen-bond donors (Lipinski definition) is 0. The van der Waals surface area contributed by atoms with E-state index in [1.165, 1.54) is 0 Å². The van der Waals surface area contributed by atoms with Crippen molar-refractivity contribution in [2.75, 3.05) is 7.11 Å². The minimum absolute atomic E-state index is 0.109. The van der Waals surface area contributed by atoms with Crippen LogP contribution in [0.5, 0.6) is 5.75 Å². The standard InChI is InChI=1S/C14H10ClNO2/c1-18-11-5-6-16-10-7-8-3-2-4-9(15)12(8)14(17)13(10)11/h2-6H,7H2,1H3. The van der Waals surface area contributed by atoms with E-state index in [0.717, 1.165) is 11.3 Å². The highest BCUT2D eigenvalue weighted by molar-refractivity contribution is 6.35. The molecule has 0 atom stereocenters. The highest BCUT2D eigenvalue weighted by Crippen LogP contribution is 2.34. The zero-order chi connectivity index (χ0) is 12.7. The molecule has 3 nitrogen and oxygen atoms in total. The minimum Gasteiger partial charge on any atom is -0.496 e. The van der Waals surface area contributed by atoms with Crippen molar-refractivity contribution >= 4 is 17.4 Å². The number of carbonyl (C=O) groups excluding carboxylic acids is 1. The van der Waals surface area contributed by atoms with E-state index in [1.807, 2.05) is 12.1 Å². The Hall–Kier alpha value is -1.87. The van der Waals surface area contributed by atoms with Crippen molar-refractivity contribution < 1.29 is 9.53 Å². The van der Waals surface area contributed by atoms with Gasteiger partial charge in [0.1, 0.15) is 5.75 Å². The number of halogens is 1. The van der Waals surface area contributed by atoms with E-state index in [0.29, 0.717) is 28.3 Å². The molecular weight excluding hydrogens is 250 g/mol. The fourth-order valence-electron chi connectivity index (χ4n) is 2.31. The number of methoxy groups -OCH3 is 1. The third kappa shape index (κ3) is 1.51. The first-order valence-electron chi connectivity index (χ1n) is 5.56. The molecule has 0 unspecified atom stereocenters. The molecule has 18 heavy (non-hydrogen) atoms. The molecule has 0 fully saturated rings. The van der Waals surface area contributed by atoms with Crippen LogP contribution in [0.15, 0.2) is 30.5 Å². The molecule has 1 aliphatic carbocycles. The third-order valence-corrected chi connectivity index (χ3v) is 3.44. The Labute approximate surface area is 109 Å². The molecular formula is C14H10ClNO2. The van der Waals surface area contributed by atoms with E-state index in [1.54, 1.807) is 25.4 Å². The first kappa shape index (κ1) is 11.2. The predicted molar refractivity (Wildman–Crippen MR) is 68.5 cm³/mol. The van der Waals surface area contributed by atoms with Crippen LogP contribution in [0.25, 0.3) is 0 Å². The maximum atomic E-state index is 12.5. The lowest BCUT2D eigenvalue weighted by molar-refractivity contribution is 0.103. The van der Waals surface area contributed by atoms with Crippen molar-refractivity contribution in [2.45, 2.75) is 6.42 Å². The second-order valence-corrected chi connectivity index (χ2v) is 4.52. The molecule has 0 saturated heterocycles. The van der Waals surface area contributed by atoms with Gasteiger partial charge in [0.05, 0.1) is 23.4 Å². The lowest BCUT2D eigenvalue weighted by Crippen LogP contribution is -2.18. The Morgan fingerprint density at radius 3 is 2.89 bits per heavy atom. The summed E-state index contributed by atoms with van der Waals surface area (Å²) in [6.07, 6.45) is 2.26. The van der Waals surface area contributed by atoms with Crippen LogP contribution < -0.4 is 4.74 Å². The van der Waals surface area contributed by atoms with E-state index in [4.69, 9.17) is 16.3 Å². The van der Waals surface area contributed by atoms with Gasteiger partial charge in [-0.2, -0.15) is 0 Å². The minimum atomic E-state index is -0.109. The number of ketones is 1. The zero-order valence-electron chi connectivity index (χ0n) is 9.74. The molecule has 1 aliphatic rings. The van der Waals surface area contributed by atoms with Gasteiger partial charge in [-0.25, -0.2) is 0 Å². The number of pyridine rings is 1. The normalized spacial score (nSPS) is 12.9. The maximum Gasteiger partial charge on any atom is 0.200 e. The first-order valence-corrected chi connectivity index (χ1v) is 5.94. The topological polar surface area (TPSA) is 39.2 Å². The van der Waals surface area contributed by atoms with Crippen LogP contribution >= 0.6 is 11.6 Å². The van der Waals surface area contributed by atoms with Crippen molar-refractivity contribution in [2.24, 2.45) is 0 Å². The number of carbonyl (C=O) groups is 1. The quantitative estimate of drug-likeness (QED) is 0.675. The van der Waals surface area contributed by atoms with Crippen molar-refractivity contribution in [3.05, 3.63) is 57.9 Å². The molecule has 0 saturated carbocycles. The van der Waals surface area contributed by atoms with Crippen LogP contribution in [0.3, 0.4) is 0 Å². The largest absolute Gasteiger partial charge is 0.496 e. The fraction of sp³-hybridized carbons (Fsp3) is 0.143. The van der Waals surface area contributed by atoms with Gasteiger partial charge in [0, 0.05) is 18.2 Å². The first-order chi connectivity index (χ1) is 8.72. The second-order valence-electron chi connectivity index (χ2n) is 4.11. The van der Waals surface area contributed by atoms with Gasteiger partial charge >= 0.3 is 0 Å². The SMILES string of the molecule is COc1ccnc2c1C(=O)c1c(Cl)cccc1C2. The van der Waals surface area contributed by atoms with Gasteiger partial charge in [-0.3, -0.25) is 9.78 Å². The Morgan fingerprint density at radius 1 is 1.28 bits per heavy atom. The van der Waals surface area contributed by atoms with Crippen LogP contribution in [0, 0.1) is 0 Å².